The van der Waals surface area contributed by atoms with E-state index in [1.807, 2.05) is 42.2 Å². The predicted molar refractivity (Wildman–Crippen MR) is 128 cm³/mol. The van der Waals surface area contributed by atoms with Crippen LogP contribution in [0, 0.1) is 0 Å². The fraction of sp³-hybridized carbons (Fsp3) is 0.348. The quantitative estimate of drug-likeness (QED) is 0.596. The number of ether oxygens (including phenoxy) is 1. The first-order valence-electron chi connectivity index (χ1n) is 10.8. The molecular weight excluding hydrogens is 462 g/mol. The van der Waals surface area contributed by atoms with Crippen LogP contribution < -0.4 is 10.2 Å². The van der Waals surface area contributed by atoms with E-state index in [9.17, 15) is 18.0 Å². The molecule has 0 aliphatic carbocycles. The summed E-state index contributed by atoms with van der Waals surface area (Å²) < 4.78 is 32.8. The molecule has 2 aliphatic rings. The van der Waals surface area contributed by atoms with Crippen LogP contribution in [0.4, 0.5) is 5.69 Å². The lowest BCUT2D eigenvalue weighted by Gasteiger charge is -2.22. The number of rotatable bonds is 7. The normalized spacial score (nSPS) is 17.9. The number of carbonyl (C=O) groups excluding carboxylic acids is 2. The Bertz CT molecular complexity index is 1200. The number of carbonyl (C=O) groups is 2. The zero-order chi connectivity index (χ0) is 23.6. The van der Waals surface area contributed by atoms with Gasteiger partial charge in [-0.2, -0.15) is 0 Å². The third-order valence-corrected chi connectivity index (χ3v) is 7.76. The van der Waals surface area contributed by atoms with Gasteiger partial charge in [0.25, 0.3) is 15.9 Å². The van der Waals surface area contributed by atoms with Gasteiger partial charge in [-0.3, -0.25) is 4.79 Å². The fourth-order valence-corrected chi connectivity index (χ4v) is 6.02. The van der Waals surface area contributed by atoms with Gasteiger partial charge in [-0.25, -0.2) is 13.2 Å². The summed E-state index contributed by atoms with van der Waals surface area (Å²) in [6.45, 7) is 3.91. The third-order valence-electron chi connectivity index (χ3n) is 5.46. The molecule has 0 saturated carbocycles. The summed E-state index contributed by atoms with van der Waals surface area (Å²) in [7, 11) is -3.45. The molecule has 0 saturated heterocycles. The molecule has 0 radical (unpaired) electrons. The minimum absolute atomic E-state index is 0.0467. The topological polar surface area (TPSA) is 105 Å². The Hall–Kier alpha value is -2.85. The van der Waals surface area contributed by atoms with Crippen molar-refractivity contribution in [1.29, 1.82) is 0 Å². The number of amidine groups is 1. The molecule has 2 aliphatic heterocycles. The van der Waals surface area contributed by atoms with Crippen molar-refractivity contribution in [2.45, 2.75) is 43.7 Å². The number of sulfonamides is 1. The SMILES string of the molecule is CCC[C@H](NC(=O)[C@@H](C)OC(=O)c1ccc2c(c1)SC1=NS(=O)(=O)CCN12)c1ccccc1. The Morgan fingerprint density at radius 1 is 1.21 bits per heavy atom. The van der Waals surface area contributed by atoms with E-state index in [2.05, 4.69) is 9.71 Å². The largest absolute Gasteiger partial charge is 0.449 e. The third kappa shape index (κ3) is 5.22. The summed E-state index contributed by atoms with van der Waals surface area (Å²) in [5.41, 5.74) is 2.10. The van der Waals surface area contributed by atoms with Crippen molar-refractivity contribution in [1.82, 2.24) is 5.32 Å². The lowest BCUT2D eigenvalue weighted by atomic mass is 10.0. The van der Waals surface area contributed by atoms with E-state index in [-0.39, 0.29) is 23.3 Å². The van der Waals surface area contributed by atoms with E-state index in [0.717, 1.165) is 29.0 Å². The molecule has 8 nitrogen and oxygen atoms in total. The number of thioether (sulfide) groups is 1. The molecule has 2 aromatic rings. The molecule has 0 bridgehead atoms. The highest BCUT2D eigenvalue weighted by Gasteiger charge is 2.33. The molecule has 4 rings (SSSR count). The van der Waals surface area contributed by atoms with Crippen molar-refractivity contribution >= 4 is 44.5 Å². The highest BCUT2D eigenvalue weighted by atomic mass is 32.2. The maximum atomic E-state index is 12.7. The van der Waals surface area contributed by atoms with Crippen molar-refractivity contribution in [2.75, 3.05) is 17.2 Å². The maximum Gasteiger partial charge on any atom is 0.338 e. The number of fused-ring (bicyclic) bond motifs is 3. The van der Waals surface area contributed by atoms with Crippen LogP contribution in [0.25, 0.3) is 0 Å². The summed E-state index contributed by atoms with van der Waals surface area (Å²) in [5, 5.41) is 3.36. The van der Waals surface area contributed by atoms with E-state index in [0.29, 0.717) is 11.7 Å². The van der Waals surface area contributed by atoms with Gasteiger partial charge < -0.3 is 15.0 Å². The Morgan fingerprint density at radius 2 is 1.97 bits per heavy atom. The number of anilines is 1. The molecule has 10 heteroatoms. The van der Waals surface area contributed by atoms with Crippen LogP contribution in [0.2, 0.25) is 0 Å². The lowest BCUT2D eigenvalue weighted by Crippen LogP contribution is -2.38. The molecule has 33 heavy (non-hydrogen) atoms. The van der Waals surface area contributed by atoms with Gasteiger partial charge in [0.05, 0.1) is 23.0 Å². The molecule has 1 N–H and O–H groups in total. The van der Waals surface area contributed by atoms with Gasteiger partial charge in [0.1, 0.15) is 0 Å². The average molecular weight is 488 g/mol. The van der Waals surface area contributed by atoms with Gasteiger partial charge in [0.2, 0.25) is 0 Å². The number of hydrogen-bond acceptors (Lipinski definition) is 7. The molecule has 0 spiro atoms. The zero-order valence-electron chi connectivity index (χ0n) is 18.4. The highest BCUT2D eigenvalue weighted by molar-refractivity contribution is 8.15. The van der Waals surface area contributed by atoms with Gasteiger partial charge >= 0.3 is 5.97 Å². The summed E-state index contributed by atoms with van der Waals surface area (Å²) >= 11 is 1.20. The smallest absolute Gasteiger partial charge is 0.338 e. The predicted octanol–water partition coefficient (Wildman–Crippen LogP) is 3.50. The molecule has 174 valence electrons. The number of esters is 1. The second-order valence-corrected chi connectivity index (χ2v) is 10.7. The van der Waals surface area contributed by atoms with E-state index in [1.165, 1.54) is 11.8 Å². The summed E-state index contributed by atoms with van der Waals surface area (Å²) in [6, 6.07) is 14.5. The van der Waals surface area contributed by atoms with Crippen molar-refractivity contribution in [3.8, 4) is 0 Å². The zero-order valence-corrected chi connectivity index (χ0v) is 20.0. The van der Waals surface area contributed by atoms with Crippen LogP contribution in [-0.2, 0) is 19.6 Å². The Balaban J connectivity index is 1.42. The van der Waals surface area contributed by atoms with Gasteiger partial charge in [-0.1, -0.05) is 43.7 Å². The van der Waals surface area contributed by atoms with Gasteiger partial charge in [0.15, 0.2) is 11.3 Å². The minimum atomic E-state index is -3.45. The number of nitrogens with one attached hydrogen (secondary N) is 1. The number of benzene rings is 2. The van der Waals surface area contributed by atoms with Crippen LogP contribution in [0.15, 0.2) is 57.8 Å². The first-order chi connectivity index (χ1) is 15.8. The van der Waals surface area contributed by atoms with Gasteiger partial charge in [-0.05, 0) is 48.9 Å². The number of nitrogens with zero attached hydrogens (tertiary/aromatic N) is 2. The van der Waals surface area contributed by atoms with Crippen LogP contribution in [0.1, 0.15) is 48.7 Å². The molecule has 0 fully saturated rings. The highest BCUT2D eigenvalue weighted by Crippen LogP contribution is 2.42. The molecule has 2 atom stereocenters. The Labute approximate surface area is 197 Å². The standard InChI is InChI=1S/C23H25N3O5S2/c1-3-7-18(16-8-5-4-6-9-16)24-21(27)15(2)31-22(28)17-10-11-19-20(14-17)32-23-25-33(29,30)13-12-26(19)23/h4-6,8-11,14-15,18H,3,7,12-13H2,1-2H3,(H,24,27)/t15-,18+/m1/s1. The van der Waals surface area contributed by atoms with E-state index >= 15 is 0 Å². The maximum absolute atomic E-state index is 12.7. The van der Waals surface area contributed by atoms with Crippen LogP contribution in [-0.4, -0.2) is 43.9 Å². The molecule has 1 amide bonds. The second kappa shape index (κ2) is 9.56. The molecule has 0 aromatic heterocycles. The van der Waals surface area contributed by atoms with E-state index in [4.69, 9.17) is 4.74 Å². The summed E-state index contributed by atoms with van der Waals surface area (Å²) in [4.78, 5) is 28.0. The van der Waals surface area contributed by atoms with E-state index < -0.39 is 22.1 Å². The number of amides is 1. The monoisotopic (exact) mass is 487 g/mol. The first-order valence-corrected chi connectivity index (χ1v) is 13.2. The summed E-state index contributed by atoms with van der Waals surface area (Å²) in [5.74, 6) is -1.03. The van der Waals surface area contributed by atoms with E-state index in [1.54, 1.807) is 25.1 Å². The van der Waals surface area contributed by atoms with Crippen LogP contribution >= 0.6 is 11.8 Å². The lowest BCUT2D eigenvalue weighted by molar-refractivity contribution is -0.129. The average Bonchev–Trinajstić information content (AvgIpc) is 3.14. The van der Waals surface area contributed by atoms with Crippen LogP contribution in [0.5, 0.6) is 0 Å². The molecule has 2 heterocycles. The van der Waals surface area contributed by atoms with Crippen molar-refractivity contribution in [3.63, 3.8) is 0 Å². The van der Waals surface area contributed by atoms with Crippen molar-refractivity contribution in [2.24, 2.45) is 4.40 Å². The van der Waals surface area contributed by atoms with Gasteiger partial charge in [0, 0.05) is 11.4 Å². The minimum Gasteiger partial charge on any atom is -0.449 e. The van der Waals surface area contributed by atoms with Crippen molar-refractivity contribution < 1.29 is 22.7 Å². The van der Waals surface area contributed by atoms with Gasteiger partial charge in [-0.15, -0.1) is 4.40 Å². The fourth-order valence-electron chi connectivity index (χ4n) is 3.72. The Kier molecular flexibility index (Phi) is 6.76. The number of hydrogen-bond donors (Lipinski definition) is 1. The molecular formula is C23H25N3O5S2. The molecule has 0 unspecified atom stereocenters. The van der Waals surface area contributed by atoms with Crippen LogP contribution in [0.3, 0.4) is 0 Å². The molecule has 2 aromatic carbocycles. The summed E-state index contributed by atoms with van der Waals surface area (Å²) in [6.07, 6.45) is 0.696. The Morgan fingerprint density at radius 3 is 2.70 bits per heavy atom. The first kappa shape index (κ1) is 23.3. The second-order valence-electron chi connectivity index (χ2n) is 7.90. The van der Waals surface area contributed by atoms with Crippen molar-refractivity contribution in [3.05, 3.63) is 59.7 Å².